The maximum atomic E-state index is 13.4. The molecule has 2 aliphatic heterocycles. The molecule has 134 valence electrons. The Morgan fingerprint density at radius 3 is 2.60 bits per heavy atom. The highest BCUT2D eigenvalue weighted by molar-refractivity contribution is 6.02. The fourth-order valence-electron chi connectivity index (χ4n) is 4.54. The van der Waals surface area contributed by atoms with Gasteiger partial charge in [-0.25, -0.2) is 0 Å². The van der Waals surface area contributed by atoms with Crippen molar-refractivity contribution in [2.75, 3.05) is 20.2 Å². The second-order valence-corrected chi connectivity index (χ2v) is 7.63. The molecule has 0 bridgehead atoms. The van der Waals surface area contributed by atoms with Gasteiger partial charge in [0.05, 0.1) is 12.7 Å². The number of piperidine rings is 1. The Balaban J connectivity index is 1.68. The van der Waals surface area contributed by atoms with Crippen molar-refractivity contribution in [1.82, 2.24) is 9.80 Å². The van der Waals surface area contributed by atoms with Crippen LogP contribution in [0.1, 0.15) is 54.4 Å². The largest absolute Gasteiger partial charge is 0.496 e. The maximum absolute atomic E-state index is 13.4. The Morgan fingerprint density at radius 1 is 1.20 bits per heavy atom. The van der Waals surface area contributed by atoms with Gasteiger partial charge in [-0.2, -0.15) is 0 Å². The van der Waals surface area contributed by atoms with E-state index in [1.165, 1.54) is 0 Å². The number of likely N-dealkylation sites (tertiary alicyclic amines) is 2. The fraction of sp³-hybridized carbons (Fsp3) is 0.600. The first-order valence-electron chi connectivity index (χ1n) is 9.34. The second-order valence-electron chi connectivity index (χ2n) is 7.63. The van der Waals surface area contributed by atoms with Gasteiger partial charge in [0.2, 0.25) is 5.91 Å². The summed E-state index contributed by atoms with van der Waals surface area (Å²) < 4.78 is 5.41. The van der Waals surface area contributed by atoms with E-state index < -0.39 is 5.54 Å². The summed E-state index contributed by atoms with van der Waals surface area (Å²) in [7, 11) is 1.59. The smallest absolute Gasteiger partial charge is 0.258 e. The molecule has 3 aliphatic rings. The molecule has 2 heterocycles. The highest BCUT2D eigenvalue weighted by Gasteiger charge is 2.55. The van der Waals surface area contributed by atoms with Crippen molar-refractivity contribution >= 4 is 11.8 Å². The number of hydrogen-bond acceptors (Lipinski definition) is 3. The third-order valence-corrected chi connectivity index (χ3v) is 5.96. The molecular weight excluding hydrogens is 316 g/mol. The quantitative estimate of drug-likeness (QED) is 0.849. The second kappa shape index (κ2) is 6.04. The van der Waals surface area contributed by atoms with Crippen LogP contribution in [0.2, 0.25) is 0 Å². The number of nitrogens with zero attached hydrogens (tertiary/aromatic N) is 2. The molecule has 2 amide bonds. The minimum absolute atomic E-state index is 0.0657. The summed E-state index contributed by atoms with van der Waals surface area (Å²) in [6.07, 6.45) is 5.67. The number of carbonyl (C=O) groups is 2. The van der Waals surface area contributed by atoms with Crippen LogP contribution in [-0.4, -0.2) is 53.4 Å². The van der Waals surface area contributed by atoms with E-state index in [0.717, 1.165) is 50.6 Å². The molecular formula is C20H26N2O3. The average molecular weight is 342 g/mol. The van der Waals surface area contributed by atoms with Crippen molar-refractivity contribution in [3.63, 3.8) is 0 Å². The molecule has 5 heteroatoms. The Labute approximate surface area is 148 Å². The zero-order valence-corrected chi connectivity index (χ0v) is 15.1. The van der Waals surface area contributed by atoms with E-state index in [4.69, 9.17) is 4.74 Å². The van der Waals surface area contributed by atoms with Crippen LogP contribution < -0.4 is 4.74 Å². The molecule has 1 unspecified atom stereocenters. The third kappa shape index (κ3) is 2.60. The van der Waals surface area contributed by atoms with Crippen molar-refractivity contribution in [2.45, 2.75) is 57.0 Å². The number of amides is 2. The predicted octanol–water partition coefficient (Wildman–Crippen LogP) is 2.76. The summed E-state index contributed by atoms with van der Waals surface area (Å²) in [5, 5.41) is 0. The minimum atomic E-state index is -0.632. The van der Waals surface area contributed by atoms with Crippen LogP contribution in [0.25, 0.3) is 0 Å². The lowest BCUT2D eigenvalue weighted by atomic mass is 9.84. The summed E-state index contributed by atoms with van der Waals surface area (Å²) in [4.78, 5) is 30.6. The van der Waals surface area contributed by atoms with Crippen molar-refractivity contribution in [1.29, 1.82) is 0 Å². The maximum Gasteiger partial charge on any atom is 0.258 e. The first-order chi connectivity index (χ1) is 12.1. The highest BCUT2D eigenvalue weighted by Crippen LogP contribution is 2.42. The Hall–Kier alpha value is -2.04. The van der Waals surface area contributed by atoms with Crippen LogP contribution in [0.4, 0.5) is 0 Å². The highest BCUT2D eigenvalue weighted by atomic mass is 16.5. The van der Waals surface area contributed by atoms with E-state index in [-0.39, 0.29) is 11.8 Å². The summed E-state index contributed by atoms with van der Waals surface area (Å²) in [6.45, 7) is 3.47. The molecule has 3 fully saturated rings. The van der Waals surface area contributed by atoms with Crippen molar-refractivity contribution in [3.05, 3.63) is 29.3 Å². The van der Waals surface area contributed by atoms with Crippen LogP contribution in [-0.2, 0) is 4.79 Å². The normalized spacial score (nSPS) is 26.4. The molecule has 0 N–H and O–H groups in total. The van der Waals surface area contributed by atoms with Gasteiger partial charge in [-0.3, -0.25) is 9.59 Å². The van der Waals surface area contributed by atoms with E-state index in [0.29, 0.717) is 23.9 Å². The fourth-order valence-corrected chi connectivity index (χ4v) is 4.54. The van der Waals surface area contributed by atoms with Gasteiger partial charge >= 0.3 is 0 Å². The molecule has 5 nitrogen and oxygen atoms in total. The molecule has 0 aromatic heterocycles. The molecule has 1 aromatic rings. The van der Waals surface area contributed by atoms with Crippen LogP contribution in [0.5, 0.6) is 5.75 Å². The zero-order chi connectivity index (χ0) is 17.6. The van der Waals surface area contributed by atoms with Crippen LogP contribution in [0.3, 0.4) is 0 Å². The van der Waals surface area contributed by atoms with Gasteiger partial charge < -0.3 is 14.5 Å². The van der Waals surface area contributed by atoms with Gasteiger partial charge in [-0.1, -0.05) is 11.6 Å². The molecule has 2 saturated heterocycles. The lowest BCUT2D eigenvalue weighted by Gasteiger charge is -2.44. The monoisotopic (exact) mass is 342 g/mol. The minimum Gasteiger partial charge on any atom is -0.496 e. The Kier molecular flexibility index (Phi) is 3.97. The van der Waals surface area contributed by atoms with E-state index in [9.17, 15) is 9.59 Å². The molecule has 4 rings (SSSR count). The lowest BCUT2D eigenvalue weighted by molar-refractivity contribution is -0.146. The number of rotatable bonds is 3. The topological polar surface area (TPSA) is 49.9 Å². The molecule has 25 heavy (non-hydrogen) atoms. The summed E-state index contributed by atoms with van der Waals surface area (Å²) >= 11 is 0. The van der Waals surface area contributed by atoms with E-state index >= 15 is 0 Å². The lowest BCUT2D eigenvalue weighted by Crippen LogP contribution is -2.61. The van der Waals surface area contributed by atoms with E-state index in [1.807, 2.05) is 34.9 Å². The first-order valence-corrected chi connectivity index (χ1v) is 9.34. The SMILES string of the molecule is COc1ccc(C)cc1C(=O)N1CCCC12CCCN(C1CC1)C2=O. The van der Waals surface area contributed by atoms with E-state index in [2.05, 4.69) is 0 Å². The summed E-state index contributed by atoms with van der Waals surface area (Å²) in [5.74, 6) is 0.697. The van der Waals surface area contributed by atoms with Gasteiger partial charge in [0.15, 0.2) is 0 Å². The number of aryl methyl sites for hydroxylation is 1. The number of carbonyl (C=O) groups excluding carboxylic acids is 2. The Morgan fingerprint density at radius 2 is 1.92 bits per heavy atom. The molecule has 1 spiro atoms. The summed E-state index contributed by atoms with van der Waals surface area (Å²) in [5.41, 5.74) is 0.958. The number of ether oxygens (including phenoxy) is 1. The van der Waals surface area contributed by atoms with Gasteiger partial charge in [-0.15, -0.1) is 0 Å². The van der Waals surface area contributed by atoms with Crippen LogP contribution in [0, 0.1) is 6.92 Å². The van der Waals surface area contributed by atoms with Crippen LogP contribution >= 0.6 is 0 Å². The average Bonchev–Trinajstić information content (AvgIpc) is 3.37. The first kappa shape index (κ1) is 16.4. The van der Waals surface area contributed by atoms with Gasteiger partial charge in [0.25, 0.3) is 5.91 Å². The molecule has 0 radical (unpaired) electrons. The number of hydrogen-bond donors (Lipinski definition) is 0. The van der Waals surface area contributed by atoms with Crippen molar-refractivity contribution < 1.29 is 14.3 Å². The number of benzene rings is 1. The zero-order valence-electron chi connectivity index (χ0n) is 15.1. The van der Waals surface area contributed by atoms with Crippen molar-refractivity contribution in [2.24, 2.45) is 0 Å². The molecule has 1 atom stereocenters. The van der Waals surface area contributed by atoms with Crippen molar-refractivity contribution in [3.8, 4) is 5.75 Å². The van der Waals surface area contributed by atoms with Crippen LogP contribution in [0.15, 0.2) is 18.2 Å². The third-order valence-electron chi connectivity index (χ3n) is 5.96. The molecule has 1 aliphatic carbocycles. The molecule has 1 aromatic carbocycles. The van der Waals surface area contributed by atoms with Gasteiger partial charge in [-0.05, 0) is 57.6 Å². The number of methoxy groups -OCH3 is 1. The van der Waals surface area contributed by atoms with Gasteiger partial charge in [0, 0.05) is 19.1 Å². The van der Waals surface area contributed by atoms with Gasteiger partial charge in [0.1, 0.15) is 11.3 Å². The predicted molar refractivity (Wildman–Crippen MR) is 94.7 cm³/mol. The van der Waals surface area contributed by atoms with E-state index in [1.54, 1.807) is 7.11 Å². The standard InChI is InChI=1S/C20H26N2O3/c1-14-5-8-17(25-2)16(13-14)18(23)22-12-4-10-20(22)9-3-11-21(19(20)24)15-6-7-15/h5,8,13,15H,3-4,6-7,9-12H2,1-2H3. The summed E-state index contributed by atoms with van der Waals surface area (Å²) in [6, 6.07) is 6.07. The molecule has 1 saturated carbocycles. The Bertz CT molecular complexity index is 713.